The molecule has 0 radical (unpaired) electrons. The van der Waals surface area contributed by atoms with Crippen molar-refractivity contribution in [1.82, 2.24) is 0 Å². The van der Waals surface area contributed by atoms with Crippen molar-refractivity contribution in [2.24, 2.45) is 0 Å². The maximum atomic E-state index is 13.1. The second kappa shape index (κ2) is 5.67. The van der Waals surface area contributed by atoms with Gasteiger partial charge in [-0.3, -0.25) is 0 Å². The lowest BCUT2D eigenvalue weighted by Gasteiger charge is -2.04. The highest BCUT2D eigenvalue weighted by molar-refractivity contribution is 6.49. The SMILES string of the molecule is CCCC(C#N)=C(Cl)c1ccc(F)c(C)c1. The Labute approximate surface area is 100 Å². The van der Waals surface area contributed by atoms with Crippen molar-refractivity contribution in [3.63, 3.8) is 0 Å². The quantitative estimate of drug-likeness (QED) is 0.715. The Morgan fingerprint density at radius 2 is 2.19 bits per heavy atom. The predicted molar refractivity (Wildman–Crippen MR) is 64.4 cm³/mol. The summed E-state index contributed by atoms with van der Waals surface area (Å²) in [5, 5.41) is 9.37. The van der Waals surface area contributed by atoms with E-state index in [1.54, 1.807) is 19.1 Å². The Morgan fingerprint density at radius 1 is 1.50 bits per heavy atom. The van der Waals surface area contributed by atoms with E-state index in [2.05, 4.69) is 6.07 Å². The summed E-state index contributed by atoms with van der Waals surface area (Å²) < 4.78 is 13.1. The van der Waals surface area contributed by atoms with Crippen LogP contribution in [0.1, 0.15) is 30.9 Å². The molecule has 0 amide bonds. The summed E-state index contributed by atoms with van der Waals surface area (Å²) in [6.45, 7) is 3.66. The average molecular weight is 238 g/mol. The smallest absolute Gasteiger partial charge is 0.126 e. The molecule has 0 saturated carbocycles. The summed E-state index contributed by atoms with van der Waals surface area (Å²) in [5.74, 6) is -0.262. The van der Waals surface area contributed by atoms with E-state index in [0.29, 0.717) is 28.2 Å². The molecule has 0 aromatic heterocycles. The number of nitriles is 1. The first-order chi connectivity index (χ1) is 7.60. The molecule has 1 nitrogen and oxygen atoms in total. The van der Waals surface area contributed by atoms with Gasteiger partial charge in [-0.25, -0.2) is 4.39 Å². The zero-order valence-electron chi connectivity index (χ0n) is 9.35. The summed E-state index contributed by atoms with van der Waals surface area (Å²) in [5.41, 5.74) is 1.78. The van der Waals surface area contributed by atoms with Crippen LogP contribution in [-0.4, -0.2) is 0 Å². The lowest BCUT2D eigenvalue weighted by Crippen LogP contribution is -1.88. The first-order valence-corrected chi connectivity index (χ1v) is 5.53. The van der Waals surface area contributed by atoms with Crippen molar-refractivity contribution in [2.75, 3.05) is 0 Å². The van der Waals surface area contributed by atoms with Gasteiger partial charge < -0.3 is 0 Å². The highest BCUT2D eigenvalue weighted by Gasteiger charge is 2.07. The Morgan fingerprint density at radius 3 is 2.69 bits per heavy atom. The van der Waals surface area contributed by atoms with Gasteiger partial charge in [0.1, 0.15) is 5.82 Å². The van der Waals surface area contributed by atoms with E-state index in [9.17, 15) is 4.39 Å². The molecule has 1 aromatic carbocycles. The van der Waals surface area contributed by atoms with Gasteiger partial charge in [-0.05, 0) is 36.6 Å². The van der Waals surface area contributed by atoms with Gasteiger partial charge in [0.05, 0.1) is 11.1 Å². The van der Waals surface area contributed by atoms with Crippen LogP contribution in [0, 0.1) is 24.1 Å². The fourth-order valence-electron chi connectivity index (χ4n) is 1.42. The molecule has 0 unspecified atom stereocenters. The monoisotopic (exact) mass is 237 g/mol. The van der Waals surface area contributed by atoms with Crippen LogP contribution in [0.4, 0.5) is 4.39 Å². The Bertz CT molecular complexity index is 457. The van der Waals surface area contributed by atoms with Crippen molar-refractivity contribution < 1.29 is 4.39 Å². The second-order valence-corrected chi connectivity index (χ2v) is 4.00. The maximum Gasteiger partial charge on any atom is 0.126 e. The van der Waals surface area contributed by atoms with Gasteiger partial charge in [0, 0.05) is 5.57 Å². The van der Waals surface area contributed by atoms with Gasteiger partial charge >= 0.3 is 0 Å². The summed E-state index contributed by atoms with van der Waals surface area (Å²) >= 11 is 6.11. The third-order valence-electron chi connectivity index (χ3n) is 2.31. The molecule has 0 fully saturated rings. The summed E-state index contributed by atoms with van der Waals surface area (Å²) in [6.07, 6.45) is 1.51. The van der Waals surface area contributed by atoms with E-state index >= 15 is 0 Å². The van der Waals surface area contributed by atoms with Crippen molar-refractivity contribution in [1.29, 1.82) is 5.26 Å². The zero-order valence-corrected chi connectivity index (χ0v) is 10.1. The van der Waals surface area contributed by atoms with Gasteiger partial charge in [-0.15, -0.1) is 0 Å². The first-order valence-electron chi connectivity index (χ1n) is 5.15. The molecule has 16 heavy (non-hydrogen) atoms. The highest BCUT2D eigenvalue weighted by atomic mass is 35.5. The van der Waals surface area contributed by atoms with Gasteiger partial charge in [0.2, 0.25) is 0 Å². The molecule has 1 rings (SSSR count). The molecule has 1 aromatic rings. The molecular formula is C13H13ClFN. The maximum absolute atomic E-state index is 13.1. The number of nitrogens with zero attached hydrogens (tertiary/aromatic N) is 1. The number of benzene rings is 1. The summed E-state index contributed by atoms with van der Waals surface area (Å²) in [6, 6.07) is 6.71. The van der Waals surface area contributed by atoms with Crippen LogP contribution < -0.4 is 0 Å². The molecule has 0 aliphatic rings. The van der Waals surface area contributed by atoms with E-state index in [1.165, 1.54) is 6.07 Å². The van der Waals surface area contributed by atoms with Gasteiger partial charge in [-0.2, -0.15) is 5.26 Å². The fraction of sp³-hybridized carbons (Fsp3) is 0.308. The normalized spacial score (nSPS) is 11.9. The topological polar surface area (TPSA) is 23.8 Å². The number of rotatable bonds is 3. The van der Waals surface area contributed by atoms with Gasteiger partial charge in [0.15, 0.2) is 0 Å². The van der Waals surface area contributed by atoms with Crippen molar-refractivity contribution in [3.8, 4) is 6.07 Å². The molecule has 0 bridgehead atoms. The minimum atomic E-state index is -0.262. The van der Waals surface area contributed by atoms with Crippen LogP contribution in [0.2, 0.25) is 0 Å². The van der Waals surface area contributed by atoms with E-state index in [0.717, 1.165) is 6.42 Å². The molecule has 0 saturated heterocycles. The van der Waals surface area contributed by atoms with Crippen molar-refractivity contribution in [3.05, 3.63) is 40.7 Å². The number of allylic oxidation sites excluding steroid dienone is 1. The standard InChI is InChI=1S/C13H13ClFN/c1-3-4-11(8-16)13(14)10-5-6-12(15)9(2)7-10/h5-7H,3-4H2,1-2H3. The second-order valence-electron chi connectivity index (χ2n) is 3.62. The number of aryl methyl sites for hydroxylation is 1. The van der Waals surface area contributed by atoms with Crippen LogP contribution in [0.5, 0.6) is 0 Å². The van der Waals surface area contributed by atoms with Crippen LogP contribution in [0.15, 0.2) is 23.8 Å². The van der Waals surface area contributed by atoms with Gasteiger partial charge in [-0.1, -0.05) is 31.0 Å². The van der Waals surface area contributed by atoms with E-state index in [-0.39, 0.29) is 5.82 Å². The molecule has 0 atom stereocenters. The van der Waals surface area contributed by atoms with Crippen LogP contribution in [0.25, 0.3) is 5.03 Å². The zero-order chi connectivity index (χ0) is 12.1. The number of hydrogen-bond acceptors (Lipinski definition) is 1. The minimum absolute atomic E-state index is 0.262. The largest absolute Gasteiger partial charge is 0.207 e. The van der Waals surface area contributed by atoms with Crippen LogP contribution >= 0.6 is 11.6 Å². The third-order valence-corrected chi connectivity index (χ3v) is 2.76. The molecule has 0 aliphatic heterocycles. The number of halogens is 2. The molecule has 3 heteroatoms. The molecule has 0 spiro atoms. The first kappa shape index (κ1) is 12.7. The lowest BCUT2D eigenvalue weighted by atomic mass is 10.1. The predicted octanol–water partition coefficient (Wildman–Crippen LogP) is 4.41. The Hall–Kier alpha value is -1.33. The highest BCUT2D eigenvalue weighted by Crippen LogP contribution is 2.26. The molecule has 0 aliphatic carbocycles. The summed E-state index contributed by atoms with van der Waals surface area (Å²) in [7, 11) is 0. The fourth-order valence-corrected chi connectivity index (χ4v) is 1.67. The number of hydrogen-bond donors (Lipinski definition) is 0. The molecular weight excluding hydrogens is 225 g/mol. The van der Waals surface area contributed by atoms with Crippen LogP contribution in [0.3, 0.4) is 0 Å². The summed E-state index contributed by atoms with van der Waals surface area (Å²) in [4.78, 5) is 0. The lowest BCUT2D eigenvalue weighted by molar-refractivity contribution is 0.618. The van der Waals surface area contributed by atoms with Gasteiger partial charge in [0.25, 0.3) is 0 Å². The third kappa shape index (κ3) is 2.84. The molecule has 84 valence electrons. The minimum Gasteiger partial charge on any atom is -0.207 e. The van der Waals surface area contributed by atoms with Crippen molar-refractivity contribution in [2.45, 2.75) is 26.7 Å². The van der Waals surface area contributed by atoms with Crippen LogP contribution in [-0.2, 0) is 0 Å². The van der Waals surface area contributed by atoms with E-state index < -0.39 is 0 Å². The molecule has 0 heterocycles. The average Bonchev–Trinajstić information content (AvgIpc) is 2.28. The molecule has 0 N–H and O–H groups in total. The van der Waals surface area contributed by atoms with E-state index in [1.807, 2.05) is 6.92 Å². The van der Waals surface area contributed by atoms with E-state index in [4.69, 9.17) is 16.9 Å². The Kier molecular flexibility index (Phi) is 4.52. The van der Waals surface area contributed by atoms with Crippen molar-refractivity contribution >= 4 is 16.6 Å². The Balaban J connectivity index is 3.17.